The predicted molar refractivity (Wildman–Crippen MR) is 71.2 cm³/mol. The fourth-order valence-corrected chi connectivity index (χ4v) is 2.51. The summed E-state index contributed by atoms with van der Waals surface area (Å²) < 4.78 is 0. The van der Waals surface area contributed by atoms with Crippen molar-refractivity contribution < 1.29 is 0 Å². The first-order chi connectivity index (χ1) is 8.29. The predicted octanol–water partition coefficient (Wildman–Crippen LogP) is 3.44. The number of pyridine rings is 1. The van der Waals surface area contributed by atoms with Crippen LogP contribution in [0.25, 0.3) is 10.9 Å². The Morgan fingerprint density at radius 1 is 1.35 bits per heavy atom. The van der Waals surface area contributed by atoms with Crippen molar-refractivity contribution in [1.29, 1.82) is 0 Å². The van der Waals surface area contributed by atoms with Gasteiger partial charge in [0, 0.05) is 11.3 Å². The van der Waals surface area contributed by atoms with Gasteiger partial charge in [0.25, 0.3) is 0 Å². The van der Waals surface area contributed by atoms with Crippen molar-refractivity contribution in [1.82, 2.24) is 4.98 Å². The minimum atomic E-state index is 0.529. The standard InChI is InChI=1S/C13H14ClN3/c14-10-6-2-5-9-7-11(17-15)13(16-12(9)10)8-3-1-4-8/h2,5-8,17H,1,3-4,15H2. The van der Waals surface area contributed by atoms with Crippen molar-refractivity contribution in [3.8, 4) is 0 Å². The maximum atomic E-state index is 6.18. The van der Waals surface area contributed by atoms with E-state index in [1.807, 2.05) is 24.3 Å². The lowest BCUT2D eigenvalue weighted by Gasteiger charge is -2.27. The van der Waals surface area contributed by atoms with Crippen LogP contribution in [0.4, 0.5) is 5.69 Å². The lowest BCUT2D eigenvalue weighted by atomic mass is 9.82. The number of nitrogens with zero attached hydrogens (tertiary/aromatic N) is 1. The van der Waals surface area contributed by atoms with Gasteiger partial charge in [-0.05, 0) is 25.0 Å². The number of hydrogen-bond donors (Lipinski definition) is 2. The highest BCUT2D eigenvalue weighted by molar-refractivity contribution is 6.35. The summed E-state index contributed by atoms with van der Waals surface area (Å²) in [5.74, 6) is 6.10. The Balaban J connectivity index is 2.22. The van der Waals surface area contributed by atoms with Crippen LogP contribution in [0.15, 0.2) is 24.3 Å². The molecule has 1 aromatic carbocycles. The smallest absolute Gasteiger partial charge is 0.0893 e. The first-order valence-corrected chi connectivity index (χ1v) is 6.23. The van der Waals surface area contributed by atoms with Crippen LogP contribution in [0.5, 0.6) is 0 Å². The van der Waals surface area contributed by atoms with E-state index in [0.717, 1.165) is 22.3 Å². The number of halogens is 1. The average molecular weight is 248 g/mol. The molecule has 1 fully saturated rings. The number of fused-ring (bicyclic) bond motifs is 1. The second-order valence-corrected chi connectivity index (χ2v) is 4.91. The second kappa shape index (κ2) is 4.17. The van der Waals surface area contributed by atoms with Crippen molar-refractivity contribution in [3.05, 3.63) is 35.0 Å². The number of rotatable bonds is 2. The zero-order valence-electron chi connectivity index (χ0n) is 9.41. The third kappa shape index (κ3) is 1.75. The number of hydrazine groups is 1. The maximum Gasteiger partial charge on any atom is 0.0893 e. The van der Waals surface area contributed by atoms with E-state index in [1.165, 1.54) is 19.3 Å². The topological polar surface area (TPSA) is 50.9 Å². The summed E-state index contributed by atoms with van der Waals surface area (Å²) in [4.78, 5) is 4.69. The molecule has 3 rings (SSSR count). The number of nitrogens with two attached hydrogens (primary N) is 1. The van der Waals surface area contributed by atoms with Gasteiger partial charge in [0.2, 0.25) is 0 Å². The van der Waals surface area contributed by atoms with E-state index in [1.54, 1.807) is 0 Å². The molecule has 2 aromatic rings. The van der Waals surface area contributed by atoms with E-state index in [-0.39, 0.29) is 0 Å². The van der Waals surface area contributed by atoms with Crippen LogP contribution in [0.1, 0.15) is 30.9 Å². The van der Waals surface area contributed by atoms with E-state index in [0.29, 0.717) is 10.9 Å². The highest BCUT2D eigenvalue weighted by atomic mass is 35.5. The molecule has 0 amide bonds. The lowest BCUT2D eigenvalue weighted by molar-refractivity contribution is 0.413. The van der Waals surface area contributed by atoms with Crippen molar-refractivity contribution in [2.24, 2.45) is 5.84 Å². The molecule has 3 nitrogen and oxygen atoms in total. The Kier molecular flexibility index (Phi) is 2.65. The van der Waals surface area contributed by atoms with E-state index < -0.39 is 0 Å². The molecule has 0 saturated heterocycles. The normalized spacial score (nSPS) is 15.9. The molecule has 0 bridgehead atoms. The summed E-state index contributed by atoms with van der Waals surface area (Å²) in [6.45, 7) is 0. The molecule has 0 unspecified atom stereocenters. The van der Waals surface area contributed by atoms with Crippen molar-refractivity contribution in [2.45, 2.75) is 25.2 Å². The second-order valence-electron chi connectivity index (χ2n) is 4.50. The van der Waals surface area contributed by atoms with Crippen LogP contribution in [0.3, 0.4) is 0 Å². The molecule has 4 heteroatoms. The Hall–Kier alpha value is -1.32. The van der Waals surface area contributed by atoms with Gasteiger partial charge in [-0.25, -0.2) is 4.98 Å². The first-order valence-electron chi connectivity index (χ1n) is 5.85. The first kappa shape index (κ1) is 10.8. The fourth-order valence-electron chi connectivity index (χ4n) is 2.29. The number of benzene rings is 1. The maximum absolute atomic E-state index is 6.18. The molecular formula is C13H14ClN3. The average Bonchev–Trinajstić information content (AvgIpc) is 2.27. The zero-order chi connectivity index (χ0) is 11.8. The van der Waals surface area contributed by atoms with E-state index in [9.17, 15) is 0 Å². The molecular weight excluding hydrogens is 234 g/mol. The SMILES string of the molecule is NNc1cc2cccc(Cl)c2nc1C1CCC1. The Morgan fingerprint density at radius 2 is 2.18 bits per heavy atom. The molecule has 1 aliphatic rings. The van der Waals surface area contributed by atoms with Gasteiger partial charge in [0.15, 0.2) is 0 Å². The fraction of sp³-hybridized carbons (Fsp3) is 0.308. The molecule has 1 aliphatic carbocycles. The minimum absolute atomic E-state index is 0.529. The molecule has 1 aromatic heterocycles. The summed E-state index contributed by atoms with van der Waals surface area (Å²) in [7, 11) is 0. The number of hydrogen-bond acceptors (Lipinski definition) is 3. The monoisotopic (exact) mass is 247 g/mol. The molecule has 88 valence electrons. The highest BCUT2D eigenvalue weighted by Gasteiger charge is 2.24. The highest BCUT2D eigenvalue weighted by Crippen LogP contribution is 2.40. The molecule has 1 saturated carbocycles. The Morgan fingerprint density at radius 3 is 2.82 bits per heavy atom. The van der Waals surface area contributed by atoms with Crippen LogP contribution < -0.4 is 11.3 Å². The number of nitrogens with one attached hydrogen (secondary N) is 1. The van der Waals surface area contributed by atoms with Crippen LogP contribution in [0, 0.1) is 0 Å². The third-order valence-corrected chi connectivity index (χ3v) is 3.78. The number of aromatic nitrogens is 1. The zero-order valence-corrected chi connectivity index (χ0v) is 10.2. The van der Waals surface area contributed by atoms with Gasteiger partial charge < -0.3 is 5.43 Å². The Bertz CT molecular complexity index is 564. The van der Waals surface area contributed by atoms with Gasteiger partial charge in [-0.15, -0.1) is 0 Å². The van der Waals surface area contributed by atoms with Gasteiger partial charge in [-0.3, -0.25) is 5.84 Å². The van der Waals surface area contributed by atoms with Crippen LogP contribution in [-0.4, -0.2) is 4.98 Å². The third-order valence-electron chi connectivity index (χ3n) is 3.47. The van der Waals surface area contributed by atoms with Crippen LogP contribution in [0.2, 0.25) is 5.02 Å². The van der Waals surface area contributed by atoms with E-state index >= 15 is 0 Å². The van der Waals surface area contributed by atoms with Gasteiger partial charge in [-0.2, -0.15) is 0 Å². The summed E-state index contributed by atoms with van der Waals surface area (Å²) in [5, 5.41) is 1.72. The summed E-state index contributed by atoms with van der Waals surface area (Å²) in [5.41, 5.74) is 5.60. The van der Waals surface area contributed by atoms with Crippen molar-refractivity contribution in [2.75, 3.05) is 5.43 Å². The molecule has 0 radical (unpaired) electrons. The lowest BCUT2D eigenvalue weighted by Crippen LogP contribution is -2.16. The minimum Gasteiger partial charge on any atom is -0.322 e. The molecule has 1 heterocycles. The number of para-hydroxylation sites is 1. The summed E-state index contributed by atoms with van der Waals surface area (Å²) in [6.07, 6.45) is 3.66. The van der Waals surface area contributed by atoms with Gasteiger partial charge in [0.05, 0.1) is 21.9 Å². The van der Waals surface area contributed by atoms with Crippen molar-refractivity contribution in [3.63, 3.8) is 0 Å². The molecule has 17 heavy (non-hydrogen) atoms. The number of anilines is 1. The van der Waals surface area contributed by atoms with Gasteiger partial charge in [0.1, 0.15) is 0 Å². The molecule has 0 spiro atoms. The molecule has 0 atom stereocenters. The van der Waals surface area contributed by atoms with E-state index in [2.05, 4.69) is 5.43 Å². The van der Waals surface area contributed by atoms with Gasteiger partial charge >= 0.3 is 0 Å². The van der Waals surface area contributed by atoms with Gasteiger partial charge in [-0.1, -0.05) is 30.2 Å². The van der Waals surface area contributed by atoms with Crippen LogP contribution in [-0.2, 0) is 0 Å². The molecule has 3 N–H and O–H groups in total. The van der Waals surface area contributed by atoms with Crippen molar-refractivity contribution >= 4 is 28.2 Å². The molecule has 0 aliphatic heterocycles. The summed E-state index contributed by atoms with van der Waals surface area (Å²) >= 11 is 6.18. The Labute approximate surface area is 105 Å². The largest absolute Gasteiger partial charge is 0.322 e. The van der Waals surface area contributed by atoms with E-state index in [4.69, 9.17) is 22.4 Å². The van der Waals surface area contributed by atoms with Crippen LogP contribution >= 0.6 is 11.6 Å². The summed E-state index contributed by atoms with van der Waals surface area (Å²) in [6, 6.07) is 7.83. The quantitative estimate of drug-likeness (QED) is 0.631. The number of nitrogen functional groups attached to an aromatic ring is 1.